The first-order chi connectivity index (χ1) is 8.72. The molecular formula is C12H17ClN2O3S. The van der Waals surface area contributed by atoms with E-state index in [0.717, 1.165) is 5.56 Å². The lowest BCUT2D eigenvalue weighted by Gasteiger charge is -2.11. The zero-order valence-electron chi connectivity index (χ0n) is 11.0. The Morgan fingerprint density at radius 1 is 1.37 bits per heavy atom. The lowest BCUT2D eigenvalue weighted by Crippen LogP contribution is -2.39. The van der Waals surface area contributed by atoms with E-state index in [0.29, 0.717) is 0 Å². The van der Waals surface area contributed by atoms with Crippen molar-refractivity contribution in [2.24, 2.45) is 0 Å². The van der Waals surface area contributed by atoms with E-state index >= 15 is 0 Å². The molecule has 0 fully saturated rings. The molecule has 19 heavy (non-hydrogen) atoms. The molecule has 0 atom stereocenters. The second-order valence-electron chi connectivity index (χ2n) is 4.48. The van der Waals surface area contributed by atoms with E-state index in [1.165, 1.54) is 6.07 Å². The van der Waals surface area contributed by atoms with Crippen LogP contribution in [-0.4, -0.2) is 26.9 Å². The van der Waals surface area contributed by atoms with Gasteiger partial charge in [0.25, 0.3) is 0 Å². The van der Waals surface area contributed by atoms with E-state index in [-0.39, 0.29) is 28.4 Å². The first kappa shape index (κ1) is 15.9. The van der Waals surface area contributed by atoms with Crippen molar-refractivity contribution in [2.45, 2.75) is 31.7 Å². The van der Waals surface area contributed by atoms with Crippen LogP contribution in [0.15, 0.2) is 23.1 Å². The number of carbonyl (C=O) groups is 1. The summed E-state index contributed by atoms with van der Waals surface area (Å²) in [6.45, 7) is 5.09. The molecule has 1 aromatic carbocycles. The summed E-state index contributed by atoms with van der Waals surface area (Å²) < 4.78 is 26.2. The van der Waals surface area contributed by atoms with E-state index in [1.807, 2.05) is 6.92 Å². The number of halogens is 1. The minimum Gasteiger partial charge on any atom is -0.353 e. The van der Waals surface area contributed by atoms with Gasteiger partial charge in [0.1, 0.15) is 4.90 Å². The van der Waals surface area contributed by atoms with E-state index in [1.54, 1.807) is 26.0 Å². The molecule has 0 saturated heterocycles. The van der Waals surface area contributed by atoms with Crippen LogP contribution in [-0.2, 0) is 14.8 Å². The Bertz CT molecular complexity index is 570. The highest BCUT2D eigenvalue weighted by molar-refractivity contribution is 7.89. The fourth-order valence-electron chi connectivity index (χ4n) is 1.44. The van der Waals surface area contributed by atoms with E-state index in [9.17, 15) is 13.2 Å². The molecule has 0 heterocycles. The molecule has 1 amide bonds. The van der Waals surface area contributed by atoms with Crippen molar-refractivity contribution in [2.75, 3.05) is 6.54 Å². The van der Waals surface area contributed by atoms with E-state index < -0.39 is 10.0 Å². The summed E-state index contributed by atoms with van der Waals surface area (Å²) in [6, 6.07) is 4.58. The molecule has 0 saturated carbocycles. The van der Waals surface area contributed by atoms with Gasteiger partial charge < -0.3 is 5.32 Å². The second kappa shape index (κ2) is 6.36. The molecule has 2 N–H and O–H groups in total. The average molecular weight is 305 g/mol. The van der Waals surface area contributed by atoms with Gasteiger partial charge in [0.15, 0.2) is 0 Å². The molecule has 0 radical (unpaired) electrons. The fraction of sp³-hybridized carbons (Fsp3) is 0.417. The van der Waals surface area contributed by atoms with Gasteiger partial charge in [0.2, 0.25) is 15.9 Å². The van der Waals surface area contributed by atoms with Crippen LogP contribution in [0.5, 0.6) is 0 Å². The summed E-state index contributed by atoms with van der Waals surface area (Å²) in [6.07, 6.45) is 0. The molecule has 0 aliphatic carbocycles. The number of aryl methyl sites for hydroxylation is 1. The summed E-state index contributed by atoms with van der Waals surface area (Å²) in [4.78, 5) is 11.4. The van der Waals surface area contributed by atoms with Crippen molar-refractivity contribution >= 4 is 27.5 Å². The predicted octanol–water partition coefficient (Wildman–Crippen LogP) is 1.45. The molecule has 0 aromatic heterocycles. The Morgan fingerprint density at radius 3 is 2.53 bits per heavy atom. The smallest absolute Gasteiger partial charge is 0.242 e. The topological polar surface area (TPSA) is 75.3 Å². The predicted molar refractivity (Wildman–Crippen MR) is 74.7 cm³/mol. The first-order valence-corrected chi connectivity index (χ1v) is 7.63. The molecular weight excluding hydrogens is 288 g/mol. The second-order valence-corrected chi connectivity index (χ2v) is 6.62. The monoisotopic (exact) mass is 304 g/mol. The number of nitrogens with one attached hydrogen (secondary N) is 2. The number of amides is 1. The summed E-state index contributed by atoms with van der Waals surface area (Å²) >= 11 is 5.89. The minimum atomic E-state index is -3.78. The normalized spacial score (nSPS) is 11.6. The van der Waals surface area contributed by atoms with Gasteiger partial charge >= 0.3 is 0 Å². The van der Waals surface area contributed by atoms with Crippen molar-refractivity contribution in [1.29, 1.82) is 0 Å². The molecule has 0 aliphatic heterocycles. The van der Waals surface area contributed by atoms with Gasteiger partial charge in [-0.05, 0) is 38.5 Å². The number of rotatable bonds is 5. The maximum atomic E-state index is 12.0. The minimum absolute atomic E-state index is 0.0305. The van der Waals surface area contributed by atoms with Gasteiger partial charge in [0, 0.05) is 6.04 Å². The van der Waals surface area contributed by atoms with Gasteiger partial charge in [-0.25, -0.2) is 13.1 Å². The summed E-state index contributed by atoms with van der Waals surface area (Å²) in [5.74, 6) is -0.387. The highest BCUT2D eigenvalue weighted by Gasteiger charge is 2.18. The van der Waals surface area contributed by atoms with Crippen LogP contribution in [0.25, 0.3) is 0 Å². The lowest BCUT2D eigenvalue weighted by molar-refractivity contribution is -0.120. The Kier molecular flexibility index (Phi) is 5.34. The molecule has 7 heteroatoms. The van der Waals surface area contributed by atoms with Crippen molar-refractivity contribution < 1.29 is 13.2 Å². The Hall–Kier alpha value is -1.11. The largest absolute Gasteiger partial charge is 0.353 e. The van der Waals surface area contributed by atoms with Gasteiger partial charge in [-0.15, -0.1) is 0 Å². The number of hydrogen-bond donors (Lipinski definition) is 2. The molecule has 0 spiro atoms. The van der Waals surface area contributed by atoms with Crippen LogP contribution in [0.3, 0.4) is 0 Å². The van der Waals surface area contributed by atoms with Gasteiger partial charge in [-0.1, -0.05) is 17.7 Å². The molecule has 1 aromatic rings. The third-order valence-corrected chi connectivity index (χ3v) is 4.13. The van der Waals surface area contributed by atoms with Crippen LogP contribution < -0.4 is 10.0 Å². The molecule has 1 rings (SSSR count). The SMILES string of the molecule is Cc1ccc(S(=O)(=O)NCC(=O)NC(C)C)c(Cl)c1. The standard InChI is InChI=1S/C12H17ClN2O3S/c1-8(2)15-12(16)7-14-19(17,18)11-5-4-9(3)6-10(11)13/h4-6,8,14H,7H2,1-3H3,(H,15,16). The maximum Gasteiger partial charge on any atom is 0.242 e. The van der Waals surface area contributed by atoms with Crippen molar-refractivity contribution in [3.63, 3.8) is 0 Å². The van der Waals surface area contributed by atoms with E-state index in [4.69, 9.17) is 11.6 Å². The van der Waals surface area contributed by atoms with Gasteiger partial charge in [-0.2, -0.15) is 0 Å². The van der Waals surface area contributed by atoms with Crippen molar-refractivity contribution in [3.05, 3.63) is 28.8 Å². The van der Waals surface area contributed by atoms with E-state index in [2.05, 4.69) is 10.0 Å². The summed E-state index contributed by atoms with van der Waals surface area (Å²) in [5.41, 5.74) is 0.863. The highest BCUT2D eigenvalue weighted by atomic mass is 35.5. The third kappa shape index (κ3) is 4.81. The number of sulfonamides is 1. The van der Waals surface area contributed by atoms with Crippen molar-refractivity contribution in [1.82, 2.24) is 10.0 Å². The third-order valence-electron chi connectivity index (χ3n) is 2.25. The first-order valence-electron chi connectivity index (χ1n) is 5.77. The molecule has 0 aliphatic rings. The summed E-state index contributed by atoms with van der Waals surface area (Å²) in [7, 11) is -3.78. The fourth-order valence-corrected chi connectivity index (χ4v) is 3.01. The Labute approximate surface area is 118 Å². The quantitative estimate of drug-likeness (QED) is 0.864. The number of benzene rings is 1. The van der Waals surface area contributed by atoms with Gasteiger partial charge in [-0.3, -0.25) is 4.79 Å². The highest BCUT2D eigenvalue weighted by Crippen LogP contribution is 2.21. The Morgan fingerprint density at radius 2 is 2.00 bits per heavy atom. The van der Waals surface area contributed by atoms with Crippen LogP contribution >= 0.6 is 11.6 Å². The van der Waals surface area contributed by atoms with Crippen LogP contribution in [0.2, 0.25) is 5.02 Å². The van der Waals surface area contributed by atoms with Crippen LogP contribution in [0.1, 0.15) is 19.4 Å². The lowest BCUT2D eigenvalue weighted by atomic mass is 10.2. The van der Waals surface area contributed by atoms with Crippen LogP contribution in [0, 0.1) is 6.92 Å². The molecule has 106 valence electrons. The van der Waals surface area contributed by atoms with Gasteiger partial charge in [0.05, 0.1) is 11.6 Å². The maximum absolute atomic E-state index is 12.0. The zero-order valence-corrected chi connectivity index (χ0v) is 12.6. The average Bonchev–Trinajstić information content (AvgIpc) is 2.25. The van der Waals surface area contributed by atoms with Crippen LogP contribution in [0.4, 0.5) is 0 Å². The zero-order chi connectivity index (χ0) is 14.6. The molecule has 5 nitrogen and oxygen atoms in total. The number of carbonyl (C=O) groups excluding carboxylic acids is 1. The molecule has 0 bridgehead atoms. The summed E-state index contributed by atoms with van der Waals surface area (Å²) in [5, 5.41) is 2.73. The number of hydrogen-bond acceptors (Lipinski definition) is 3. The molecule has 0 unspecified atom stereocenters. The Balaban J connectivity index is 2.79. The van der Waals surface area contributed by atoms with Crippen molar-refractivity contribution in [3.8, 4) is 0 Å².